The Kier molecular flexibility index (Phi) is 5.93. The Morgan fingerprint density at radius 3 is 2.54 bits per heavy atom. The molecule has 1 fully saturated rings. The van der Waals surface area contributed by atoms with Gasteiger partial charge >= 0.3 is 0 Å². The van der Waals surface area contributed by atoms with Crippen molar-refractivity contribution in [3.8, 4) is 5.75 Å². The molecular weight excluding hydrogens is 350 g/mol. The van der Waals surface area contributed by atoms with Gasteiger partial charge in [-0.05, 0) is 43.5 Å². The van der Waals surface area contributed by atoms with E-state index >= 15 is 0 Å². The number of hydrogen-bond acceptors (Lipinski definition) is 5. The normalized spacial score (nSPS) is 20.4. The molecule has 1 aromatic carbocycles. The van der Waals surface area contributed by atoms with Gasteiger partial charge in [0.05, 0.1) is 23.5 Å². The lowest BCUT2D eigenvalue weighted by Crippen LogP contribution is -2.41. The maximum atomic E-state index is 13.1. The van der Waals surface area contributed by atoms with Gasteiger partial charge in [-0.15, -0.1) is 0 Å². The fourth-order valence-electron chi connectivity index (χ4n) is 2.96. The molecule has 8 heteroatoms. The van der Waals surface area contributed by atoms with Gasteiger partial charge in [-0.3, -0.25) is 0 Å². The maximum Gasteiger partial charge on any atom is 0.243 e. The van der Waals surface area contributed by atoms with Crippen molar-refractivity contribution in [3.63, 3.8) is 0 Å². The van der Waals surface area contributed by atoms with E-state index in [1.54, 1.807) is 19.1 Å². The molecule has 1 heterocycles. The SMILES string of the molecule is CCCCN([C@H]1CCS(=O)(=O)C1)S(=O)(=O)c1ccc(OC)c(C)c1. The van der Waals surface area contributed by atoms with Crippen LogP contribution in [0.15, 0.2) is 23.1 Å². The molecule has 2 rings (SSSR count). The monoisotopic (exact) mass is 375 g/mol. The van der Waals surface area contributed by atoms with Gasteiger partial charge < -0.3 is 4.74 Å². The Labute approximate surface area is 144 Å². The summed E-state index contributed by atoms with van der Waals surface area (Å²) in [6.07, 6.45) is 1.90. The van der Waals surface area contributed by atoms with E-state index in [-0.39, 0.29) is 16.4 Å². The summed E-state index contributed by atoms with van der Waals surface area (Å²) in [6.45, 7) is 4.10. The average Bonchev–Trinajstić information content (AvgIpc) is 2.87. The van der Waals surface area contributed by atoms with E-state index < -0.39 is 25.9 Å². The molecule has 0 aromatic heterocycles. The summed E-state index contributed by atoms with van der Waals surface area (Å²) in [5.74, 6) is 0.584. The minimum atomic E-state index is -3.74. The predicted molar refractivity (Wildman–Crippen MR) is 93.6 cm³/mol. The van der Waals surface area contributed by atoms with Crippen molar-refractivity contribution in [2.24, 2.45) is 0 Å². The standard InChI is InChI=1S/C16H25NO5S2/c1-4-5-9-17(14-8-10-23(18,19)12-14)24(20,21)15-6-7-16(22-3)13(2)11-15/h6-7,11,14H,4-5,8-10,12H2,1-3H3/t14-/m0/s1. The molecule has 1 aliphatic heterocycles. The number of sulfone groups is 1. The van der Waals surface area contributed by atoms with E-state index in [1.807, 2.05) is 6.92 Å². The van der Waals surface area contributed by atoms with E-state index in [0.717, 1.165) is 12.0 Å². The molecule has 0 aliphatic carbocycles. The molecule has 0 spiro atoms. The van der Waals surface area contributed by atoms with Crippen molar-refractivity contribution >= 4 is 19.9 Å². The Morgan fingerprint density at radius 2 is 2.04 bits per heavy atom. The number of methoxy groups -OCH3 is 1. The average molecular weight is 376 g/mol. The van der Waals surface area contributed by atoms with E-state index in [2.05, 4.69) is 0 Å². The molecule has 24 heavy (non-hydrogen) atoms. The Morgan fingerprint density at radius 1 is 1.33 bits per heavy atom. The number of ether oxygens (including phenoxy) is 1. The Balaban J connectivity index is 2.38. The molecule has 0 N–H and O–H groups in total. The fourth-order valence-corrected chi connectivity index (χ4v) is 6.57. The molecule has 1 atom stereocenters. The van der Waals surface area contributed by atoms with Crippen molar-refractivity contribution in [3.05, 3.63) is 23.8 Å². The lowest BCUT2D eigenvalue weighted by molar-refractivity contribution is 0.335. The summed E-state index contributed by atoms with van der Waals surface area (Å²) in [5, 5.41) is 0. The van der Waals surface area contributed by atoms with Gasteiger partial charge in [0.15, 0.2) is 9.84 Å². The van der Waals surface area contributed by atoms with Crippen molar-refractivity contribution in [2.45, 2.75) is 44.0 Å². The molecule has 0 saturated carbocycles. The zero-order valence-electron chi connectivity index (χ0n) is 14.4. The summed E-state index contributed by atoms with van der Waals surface area (Å²) in [4.78, 5) is 0.182. The minimum absolute atomic E-state index is 0.0530. The summed E-state index contributed by atoms with van der Waals surface area (Å²) in [7, 11) is -5.36. The largest absolute Gasteiger partial charge is 0.496 e. The molecule has 1 aliphatic rings. The zero-order valence-corrected chi connectivity index (χ0v) is 16.0. The van der Waals surface area contributed by atoms with Gasteiger partial charge in [-0.1, -0.05) is 13.3 Å². The van der Waals surface area contributed by atoms with E-state index in [1.165, 1.54) is 17.5 Å². The summed E-state index contributed by atoms with van der Waals surface area (Å²) in [5.41, 5.74) is 0.730. The first-order valence-electron chi connectivity index (χ1n) is 8.08. The second-order valence-corrected chi connectivity index (χ2v) is 10.3. The number of benzene rings is 1. The van der Waals surface area contributed by atoms with Crippen LogP contribution in [-0.2, 0) is 19.9 Å². The van der Waals surface area contributed by atoms with Crippen molar-refractivity contribution in [1.82, 2.24) is 4.31 Å². The molecule has 0 amide bonds. The Bertz CT molecular complexity index is 787. The maximum absolute atomic E-state index is 13.1. The molecule has 6 nitrogen and oxygen atoms in total. The summed E-state index contributed by atoms with van der Waals surface area (Å²) < 4.78 is 56.3. The molecule has 0 unspecified atom stereocenters. The topological polar surface area (TPSA) is 80.8 Å². The third kappa shape index (κ3) is 4.10. The first-order chi connectivity index (χ1) is 11.2. The van der Waals surface area contributed by atoms with Crippen LogP contribution in [0.5, 0.6) is 5.75 Å². The van der Waals surface area contributed by atoms with Crippen LogP contribution in [0.2, 0.25) is 0 Å². The molecular formula is C16H25NO5S2. The predicted octanol–water partition coefficient (Wildman–Crippen LogP) is 1.98. The van der Waals surface area contributed by atoms with Crippen LogP contribution in [0.1, 0.15) is 31.7 Å². The highest BCUT2D eigenvalue weighted by Gasteiger charge is 2.38. The first kappa shape index (κ1) is 19.2. The van der Waals surface area contributed by atoms with Crippen LogP contribution in [0.4, 0.5) is 0 Å². The molecule has 0 bridgehead atoms. The molecule has 136 valence electrons. The number of hydrogen-bond donors (Lipinski definition) is 0. The van der Waals surface area contributed by atoms with Crippen LogP contribution in [0, 0.1) is 6.92 Å². The minimum Gasteiger partial charge on any atom is -0.496 e. The number of rotatable bonds is 7. The van der Waals surface area contributed by atoms with Gasteiger partial charge in [0.25, 0.3) is 0 Å². The highest BCUT2D eigenvalue weighted by atomic mass is 32.2. The number of unbranched alkanes of at least 4 members (excludes halogenated alkanes) is 1. The van der Waals surface area contributed by atoms with Gasteiger partial charge in [0.2, 0.25) is 10.0 Å². The lowest BCUT2D eigenvalue weighted by Gasteiger charge is -2.27. The number of nitrogens with zero attached hydrogens (tertiary/aromatic N) is 1. The third-order valence-corrected chi connectivity index (χ3v) is 8.02. The fraction of sp³-hybridized carbons (Fsp3) is 0.625. The van der Waals surface area contributed by atoms with Crippen LogP contribution in [-0.4, -0.2) is 52.3 Å². The van der Waals surface area contributed by atoms with Gasteiger partial charge in [0.1, 0.15) is 5.75 Å². The highest BCUT2D eigenvalue weighted by Crippen LogP contribution is 2.28. The zero-order chi connectivity index (χ0) is 18.0. The molecule has 0 radical (unpaired) electrons. The van der Waals surface area contributed by atoms with Crippen molar-refractivity contribution in [1.29, 1.82) is 0 Å². The lowest BCUT2D eigenvalue weighted by atomic mass is 10.2. The first-order valence-corrected chi connectivity index (χ1v) is 11.3. The third-order valence-electron chi connectivity index (χ3n) is 4.32. The highest BCUT2D eigenvalue weighted by molar-refractivity contribution is 7.92. The number of aryl methyl sites for hydroxylation is 1. The van der Waals surface area contributed by atoms with Gasteiger partial charge in [0, 0.05) is 12.6 Å². The second-order valence-electron chi connectivity index (χ2n) is 6.16. The molecule has 1 saturated heterocycles. The van der Waals surface area contributed by atoms with Crippen LogP contribution in [0.3, 0.4) is 0 Å². The number of sulfonamides is 1. The quantitative estimate of drug-likeness (QED) is 0.728. The van der Waals surface area contributed by atoms with Crippen LogP contribution in [0.25, 0.3) is 0 Å². The van der Waals surface area contributed by atoms with Crippen LogP contribution < -0.4 is 4.74 Å². The van der Waals surface area contributed by atoms with E-state index in [9.17, 15) is 16.8 Å². The smallest absolute Gasteiger partial charge is 0.243 e. The van der Waals surface area contributed by atoms with E-state index in [0.29, 0.717) is 25.1 Å². The van der Waals surface area contributed by atoms with Crippen LogP contribution >= 0.6 is 0 Å². The summed E-state index contributed by atoms with van der Waals surface area (Å²) >= 11 is 0. The van der Waals surface area contributed by atoms with Gasteiger partial charge in [-0.25, -0.2) is 16.8 Å². The summed E-state index contributed by atoms with van der Waals surface area (Å²) in [6, 6.07) is 4.25. The van der Waals surface area contributed by atoms with Gasteiger partial charge in [-0.2, -0.15) is 4.31 Å². The molecule has 1 aromatic rings. The van der Waals surface area contributed by atoms with E-state index in [4.69, 9.17) is 4.74 Å². The van der Waals surface area contributed by atoms with Crippen molar-refractivity contribution < 1.29 is 21.6 Å². The second kappa shape index (κ2) is 7.41. The Hall–Kier alpha value is -1.12. The van der Waals surface area contributed by atoms with Crippen molar-refractivity contribution in [2.75, 3.05) is 25.2 Å².